The van der Waals surface area contributed by atoms with E-state index in [1.165, 1.54) is 11.1 Å². The lowest BCUT2D eigenvalue weighted by atomic mass is 9.37. The van der Waals surface area contributed by atoms with E-state index in [9.17, 15) is 4.79 Å². The fraction of sp³-hybridized carbons (Fsp3) is 0.625. The molecule has 4 bridgehead atoms. The number of hydrogen-bond acceptors (Lipinski definition) is 6. The predicted octanol–water partition coefficient (Wildman–Crippen LogP) is 2.48. The highest BCUT2D eigenvalue weighted by atomic mass is 16.6. The molecule has 6 aliphatic rings. The van der Waals surface area contributed by atoms with Crippen molar-refractivity contribution in [1.82, 2.24) is 4.90 Å². The van der Waals surface area contributed by atoms with E-state index >= 15 is 0 Å². The fourth-order valence-corrected chi connectivity index (χ4v) is 7.72. The Morgan fingerprint density at radius 2 is 2.13 bits per heavy atom. The van der Waals surface area contributed by atoms with Crippen LogP contribution in [-0.4, -0.2) is 63.0 Å². The first-order valence-electron chi connectivity index (χ1n) is 11.0. The van der Waals surface area contributed by atoms with Crippen molar-refractivity contribution in [1.29, 1.82) is 0 Å². The van der Waals surface area contributed by atoms with E-state index in [0.717, 1.165) is 37.3 Å². The molecule has 1 saturated heterocycles. The second kappa shape index (κ2) is 5.80. The van der Waals surface area contributed by atoms with Crippen LogP contribution in [0, 0.1) is 11.3 Å². The minimum Gasteiger partial charge on any atom is -0.493 e. The summed E-state index contributed by atoms with van der Waals surface area (Å²) in [6.45, 7) is 3.22. The van der Waals surface area contributed by atoms with Gasteiger partial charge in [0.1, 0.15) is 11.7 Å². The molecule has 0 unspecified atom stereocenters. The van der Waals surface area contributed by atoms with Crippen LogP contribution in [0.4, 0.5) is 0 Å². The summed E-state index contributed by atoms with van der Waals surface area (Å²) >= 11 is 0. The molecule has 4 aliphatic carbocycles. The number of fused-ring (bicyclic) bond motifs is 1. The number of carbonyl (C=O) groups excluding carboxylic acids is 1. The zero-order chi connectivity index (χ0) is 20.9. The SMILES string of the molecule is CCOC(=O)[C@@H]1C[C@@]23C=C[C@@]1(OC)[C@H]1Oc4c(OC)ccc5c4[C@@]12CCN(C)[C@H]3C5. The summed E-state index contributed by atoms with van der Waals surface area (Å²) < 4.78 is 24.3. The highest BCUT2D eigenvalue weighted by Gasteiger charge is 2.80. The monoisotopic (exact) mass is 411 g/mol. The number of likely N-dealkylation sites (tertiary alicyclic amines) is 1. The molecular formula is C24H29NO5. The molecule has 6 heteroatoms. The maximum Gasteiger partial charge on any atom is 0.312 e. The van der Waals surface area contributed by atoms with Crippen LogP contribution in [0.1, 0.15) is 30.9 Å². The number of esters is 1. The Morgan fingerprint density at radius 3 is 2.87 bits per heavy atom. The average molecular weight is 411 g/mol. The summed E-state index contributed by atoms with van der Waals surface area (Å²) in [6, 6.07) is 4.54. The van der Waals surface area contributed by atoms with Gasteiger partial charge in [-0.25, -0.2) is 0 Å². The van der Waals surface area contributed by atoms with Crippen molar-refractivity contribution in [2.75, 3.05) is 34.4 Å². The molecule has 1 aromatic carbocycles. The average Bonchev–Trinajstić information content (AvgIpc) is 3.13. The molecule has 2 heterocycles. The maximum absolute atomic E-state index is 13.2. The first-order chi connectivity index (χ1) is 14.5. The van der Waals surface area contributed by atoms with Gasteiger partial charge >= 0.3 is 5.97 Å². The molecule has 0 aromatic heterocycles. The van der Waals surface area contributed by atoms with Gasteiger partial charge in [-0.15, -0.1) is 0 Å². The van der Waals surface area contributed by atoms with Crippen LogP contribution in [-0.2, 0) is 26.1 Å². The van der Waals surface area contributed by atoms with Gasteiger partial charge in [-0.1, -0.05) is 18.2 Å². The molecule has 0 N–H and O–H groups in total. The van der Waals surface area contributed by atoms with Crippen LogP contribution >= 0.6 is 0 Å². The third kappa shape index (κ3) is 1.75. The molecule has 1 saturated carbocycles. The minimum atomic E-state index is -0.840. The zero-order valence-corrected chi connectivity index (χ0v) is 18.1. The van der Waals surface area contributed by atoms with E-state index in [4.69, 9.17) is 18.9 Å². The number of hydrogen-bond donors (Lipinski definition) is 0. The molecular weight excluding hydrogens is 382 g/mol. The molecule has 2 fully saturated rings. The molecule has 1 aromatic rings. The van der Waals surface area contributed by atoms with Crippen molar-refractivity contribution in [3.8, 4) is 11.5 Å². The van der Waals surface area contributed by atoms with Gasteiger partial charge in [0.05, 0.1) is 25.0 Å². The van der Waals surface area contributed by atoms with E-state index in [-0.39, 0.29) is 28.8 Å². The molecule has 30 heavy (non-hydrogen) atoms. The van der Waals surface area contributed by atoms with E-state index in [1.807, 2.05) is 13.0 Å². The zero-order valence-electron chi connectivity index (χ0n) is 18.1. The first kappa shape index (κ1) is 18.7. The van der Waals surface area contributed by atoms with E-state index < -0.39 is 5.60 Å². The van der Waals surface area contributed by atoms with Gasteiger partial charge in [0, 0.05) is 24.1 Å². The van der Waals surface area contributed by atoms with Gasteiger partial charge < -0.3 is 23.8 Å². The second-order valence-corrected chi connectivity index (χ2v) is 9.49. The summed E-state index contributed by atoms with van der Waals surface area (Å²) in [5, 5.41) is 0. The molecule has 0 radical (unpaired) electrons. The number of piperidine rings is 1. The number of ether oxygens (including phenoxy) is 4. The Balaban J connectivity index is 1.65. The van der Waals surface area contributed by atoms with Gasteiger partial charge in [0.2, 0.25) is 0 Å². The number of rotatable bonds is 4. The molecule has 0 amide bonds. The summed E-state index contributed by atoms with van der Waals surface area (Å²) in [7, 11) is 5.61. The molecule has 160 valence electrons. The topological polar surface area (TPSA) is 57.2 Å². The summed E-state index contributed by atoms with van der Waals surface area (Å²) in [5.41, 5.74) is 1.40. The highest BCUT2D eigenvalue weighted by molar-refractivity contribution is 5.78. The third-order valence-electron chi connectivity index (χ3n) is 8.85. The first-order valence-corrected chi connectivity index (χ1v) is 11.0. The molecule has 6 atom stereocenters. The molecule has 2 spiro atoms. The lowest BCUT2D eigenvalue weighted by molar-refractivity contribution is -0.221. The van der Waals surface area contributed by atoms with Gasteiger partial charge in [-0.05, 0) is 51.4 Å². The van der Waals surface area contributed by atoms with Crippen LogP contribution in [0.5, 0.6) is 11.5 Å². The van der Waals surface area contributed by atoms with Crippen LogP contribution in [0.3, 0.4) is 0 Å². The second-order valence-electron chi connectivity index (χ2n) is 9.49. The van der Waals surface area contributed by atoms with Gasteiger partial charge in [0.25, 0.3) is 0 Å². The lowest BCUT2D eigenvalue weighted by Gasteiger charge is -2.70. The Bertz CT molecular complexity index is 975. The smallest absolute Gasteiger partial charge is 0.312 e. The van der Waals surface area contributed by atoms with E-state index in [0.29, 0.717) is 12.6 Å². The van der Waals surface area contributed by atoms with Crippen molar-refractivity contribution in [2.45, 2.75) is 49.3 Å². The van der Waals surface area contributed by atoms with E-state index in [2.05, 4.69) is 30.2 Å². The highest BCUT2D eigenvalue weighted by Crippen LogP contribution is 2.74. The Kier molecular flexibility index (Phi) is 3.61. The van der Waals surface area contributed by atoms with Gasteiger partial charge in [-0.2, -0.15) is 0 Å². The van der Waals surface area contributed by atoms with Gasteiger partial charge in [-0.3, -0.25) is 4.79 Å². The Morgan fingerprint density at radius 1 is 1.30 bits per heavy atom. The number of benzene rings is 1. The molecule has 2 aliphatic heterocycles. The number of likely N-dealkylation sites (N-methyl/N-ethyl adjacent to an activating group) is 1. The fourth-order valence-electron chi connectivity index (χ4n) is 7.72. The third-order valence-corrected chi connectivity index (χ3v) is 8.85. The minimum absolute atomic E-state index is 0.184. The summed E-state index contributed by atoms with van der Waals surface area (Å²) in [6.07, 6.45) is 6.86. The summed E-state index contributed by atoms with van der Waals surface area (Å²) in [5.74, 6) is 1.04. The van der Waals surface area contributed by atoms with Crippen molar-refractivity contribution >= 4 is 5.97 Å². The molecule has 7 rings (SSSR count). The van der Waals surface area contributed by atoms with Crippen LogP contribution in [0.2, 0.25) is 0 Å². The van der Waals surface area contributed by atoms with Crippen LogP contribution in [0.15, 0.2) is 24.3 Å². The lowest BCUT2D eigenvalue weighted by Crippen LogP contribution is -2.79. The Labute approximate surface area is 177 Å². The molecule has 6 nitrogen and oxygen atoms in total. The van der Waals surface area contributed by atoms with Crippen LogP contribution in [0.25, 0.3) is 0 Å². The van der Waals surface area contributed by atoms with Crippen LogP contribution < -0.4 is 9.47 Å². The number of nitrogens with zero attached hydrogens (tertiary/aromatic N) is 1. The van der Waals surface area contributed by atoms with Crippen molar-refractivity contribution < 1.29 is 23.7 Å². The van der Waals surface area contributed by atoms with Crippen molar-refractivity contribution in [3.63, 3.8) is 0 Å². The normalized spacial score (nSPS) is 41.9. The van der Waals surface area contributed by atoms with Crippen molar-refractivity contribution in [2.24, 2.45) is 11.3 Å². The number of methoxy groups -OCH3 is 2. The number of carbonyl (C=O) groups is 1. The predicted molar refractivity (Wildman–Crippen MR) is 110 cm³/mol. The quantitative estimate of drug-likeness (QED) is 0.561. The largest absolute Gasteiger partial charge is 0.493 e. The maximum atomic E-state index is 13.2. The van der Waals surface area contributed by atoms with E-state index in [1.54, 1.807) is 14.2 Å². The Hall–Kier alpha value is -2.05. The van der Waals surface area contributed by atoms with Gasteiger partial charge in [0.15, 0.2) is 11.5 Å². The summed E-state index contributed by atoms with van der Waals surface area (Å²) in [4.78, 5) is 15.7. The standard InChI is InChI=1S/C24H29NO5/c1-5-29-20(26)15-13-22-8-9-24(15,28-4)21-23(22)10-11-25(2)17(22)12-14-6-7-16(27-3)19(30-21)18(14)23/h6-9,15,17,21H,5,10-13H2,1-4H3/t15-,17-,21-,22+,23-,24-/m0/s1. The van der Waals surface area contributed by atoms with Crippen molar-refractivity contribution in [3.05, 3.63) is 35.4 Å².